The second-order valence-electron chi connectivity index (χ2n) is 4.39. The van der Waals surface area contributed by atoms with E-state index >= 15 is 0 Å². The Morgan fingerprint density at radius 2 is 2.05 bits per heavy atom. The molecule has 6 heteroatoms. The molecule has 1 aliphatic heterocycles. The lowest BCUT2D eigenvalue weighted by atomic mass is 10.2. The van der Waals surface area contributed by atoms with Gasteiger partial charge >= 0.3 is 0 Å². The molecule has 0 radical (unpaired) electrons. The third-order valence-electron chi connectivity index (χ3n) is 2.91. The molecule has 100 valence electrons. The van der Waals surface area contributed by atoms with Crippen molar-refractivity contribution in [3.05, 3.63) is 30.1 Å². The molecule has 3 rings (SSSR count). The number of hydrogen-bond acceptors (Lipinski definition) is 4. The van der Waals surface area contributed by atoms with E-state index in [1.807, 2.05) is 31.3 Å². The first kappa shape index (κ1) is 12.3. The van der Waals surface area contributed by atoms with E-state index in [1.165, 1.54) is 0 Å². The quantitative estimate of drug-likeness (QED) is 0.793. The molecule has 5 nitrogen and oxygen atoms in total. The first-order valence-corrected chi connectivity index (χ1v) is 6.64. The van der Waals surface area contributed by atoms with Crippen LogP contribution in [0.3, 0.4) is 0 Å². The minimum Gasteiger partial charge on any atom is -0.490 e. The zero-order valence-electron chi connectivity index (χ0n) is 10.5. The van der Waals surface area contributed by atoms with E-state index in [4.69, 9.17) is 21.1 Å². The van der Waals surface area contributed by atoms with Crippen LogP contribution in [0.25, 0.3) is 5.69 Å². The number of fused-ring (bicyclic) bond motifs is 1. The summed E-state index contributed by atoms with van der Waals surface area (Å²) in [5.41, 5.74) is 1.62. The van der Waals surface area contributed by atoms with E-state index in [2.05, 4.69) is 10.3 Å². The molecule has 0 saturated heterocycles. The van der Waals surface area contributed by atoms with Crippen LogP contribution in [-0.4, -0.2) is 28.2 Å². The van der Waals surface area contributed by atoms with Gasteiger partial charge < -0.3 is 9.47 Å². The van der Waals surface area contributed by atoms with E-state index in [-0.39, 0.29) is 5.38 Å². The Labute approximate surface area is 116 Å². The van der Waals surface area contributed by atoms with Crippen LogP contribution in [0.1, 0.15) is 24.4 Å². The van der Waals surface area contributed by atoms with Crippen LogP contribution < -0.4 is 9.47 Å². The monoisotopic (exact) mass is 279 g/mol. The highest BCUT2D eigenvalue weighted by atomic mass is 35.5. The molecule has 0 bridgehead atoms. The highest BCUT2D eigenvalue weighted by molar-refractivity contribution is 6.20. The lowest BCUT2D eigenvalue weighted by Crippen LogP contribution is -1.98. The lowest BCUT2D eigenvalue weighted by Gasteiger charge is -2.08. The minimum absolute atomic E-state index is 0.158. The summed E-state index contributed by atoms with van der Waals surface area (Å²) in [7, 11) is 0. The molecule has 0 saturated carbocycles. The largest absolute Gasteiger partial charge is 0.490 e. The Morgan fingerprint density at radius 1 is 1.26 bits per heavy atom. The van der Waals surface area contributed by atoms with Crippen molar-refractivity contribution in [2.75, 3.05) is 13.2 Å². The fourth-order valence-electron chi connectivity index (χ4n) is 1.88. The van der Waals surface area contributed by atoms with Crippen LogP contribution in [0, 0.1) is 0 Å². The molecule has 1 unspecified atom stereocenters. The average molecular weight is 280 g/mol. The van der Waals surface area contributed by atoms with Gasteiger partial charge in [-0.25, -0.2) is 4.68 Å². The summed E-state index contributed by atoms with van der Waals surface area (Å²) >= 11 is 5.98. The molecular formula is C13H14ClN3O2. The van der Waals surface area contributed by atoms with Gasteiger partial charge in [-0.2, -0.15) is 0 Å². The zero-order chi connectivity index (χ0) is 13.2. The summed E-state index contributed by atoms with van der Waals surface area (Å²) in [5.74, 6) is 1.51. The first-order valence-electron chi connectivity index (χ1n) is 6.20. The number of hydrogen-bond donors (Lipinski definition) is 0. The highest BCUT2D eigenvalue weighted by Gasteiger charge is 2.13. The minimum atomic E-state index is -0.158. The van der Waals surface area contributed by atoms with Gasteiger partial charge in [0.25, 0.3) is 0 Å². The fourth-order valence-corrected chi connectivity index (χ4v) is 1.98. The van der Waals surface area contributed by atoms with Gasteiger partial charge in [0, 0.05) is 12.5 Å². The van der Waals surface area contributed by atoms with Crippen LogP contribution >= 0.6 is 11.6 Å². The van der Waals surface area contributed by atoms with E-state index in [1.54, 1.807) is 4.68 Å². The van der Waals surface area contributed by atoms with Crippen molar-refractivity contribution in [2.24, 2.45) is 0 Å². The molecule has 0 spiro atoms. The van der Waals surface area contributed by atoms with Crippen LogP contribution in [0.15, 0.2) is 24.4 Å². The Balaban J connectivity index is 1.94. The van der Waals surface area contributed by atoms with Crippen LogP contribution in [-0.2, 0) is 0 Å². The summed E-state index contributed by atoms with van der Waals surface area (Å²) in [4.78, 5) is 0. The van der Waals surface area contributed by atoms with Gasteiger partial charge in [-0.1, -0.05) is 5.21 Å². The normalized spacial score (nSPS) is 15.9. The molecule has 0 N–H and O–H groups in total. The predicted molar refractivity (Wildman–Crippen MR) is 71.2 cm³/mol. The van der Waals surface area contributed by atoms with E-state index in [0.29, 0.717) is 13.2 Å². The summed E-state index contributed by atoms with van der Waals surface area (Å²) in [5, 5.41) is 7.94. The molecule has 1 aromatic heterocycles. The number of benzene rings is 1. The first-order chi connectivity index (χ1) is 9.24. The van der Waals surface area contributed by atoms with Crippen molar-refractivity contribution in [1.29, 1.82) is 0 Å². The van der Waals surface area contributed by atoms with Gasteiger partial charge in [0.15, 0.2) is 11.5 Å². The molecule has 0 fully saturated rings. The summed E-state index contributed by atoms with van der Waals surface area (Å²) in [6.07, 6.45) is 2.71. The van der Waals surface area contributed by atoms with E-state index in [0.717, 1.165) is 29.3 Å². The Bertz CT molecular complexity index is 583. The van der Waals surface area contributed by atoms with Gasteiger partial charge in [-0.05, 0) is 19.1 Å². The third kappa shape index (κ3) is 2.51. The maximum atomic E-state index is 5.98. The van der Waals surface area contributed by atoms with Crippen molar-refractivity contribution in [2.45, 2.75) is 18.7 Å². The summed E-state index contributed by atoms with van der Waals surface area (Å²) < 4.78 is 12.9. The molecule has 1 atom stereocenters. The zero-order valence-corrected chi connectivity index (χ0v) is 11.3. The second-order valence-corrected chi connectivity index (χ2v) is 5.04. The topological polar surface area (TPSA) is 49.2 Å². The maximum Gasteiger partial charge on any atom is 0.163 e. The number of nitrogens with zero attached hydrogens (tertiary/aromatic N) is 3. The smallest absolute Gasteiger partial charge is 0.163 e. The van der Waals surface area contributed by atoms with Crippen molar-refractivity contribution >= 4 is 11.6 Å². The molecule has 0 amide bonds. The van der Waals surface area contributed by atoms with Gasteiger partial charge in [0.1, 0.15) is 5.69 Å². The van der Waals surface area contributed by atoms with Crippen molar-refractivity contribution in [1.82, 2.24) is 15.0 Å². The molecular weight excluding hydrogens is 266 g/mol. The van der Waals surface area contributed by atoms with Crippen molar-refractivity contribution in [3.63, 3.8) is 0 Å². The predicted octanol–water partition coefficient (Wildman–Crippen LogP) is 2.73. The number of alkyl halides is 1. The molecule has 1 aromatic carbocycles. The number of halogens is 1. The average Bonchev–Trinajstić information content (AvgIpc) is 2.78. The van der Waals surface area contributed by atoms with E-state index < -0.39 is 0 Å². The van der Waals surface area contributed by atoms with E-state index in [9.17, 15) is 0 Å². The number of rotatable bonds is 2. The molecule has 2 aromatic rings. The molecule has 19 heavy (non-hydrogen) atoms. The highest BCUT2D eigenvalue weighted by Crippen LogP contribution is 2.31. The summed E-state index contributed by atoms with van der Waals surface area (Å²) in [6.45, 7) is 3.21. The Morgan fingerprint density at radius 3 is 2.79 bits per heavy atom. The Kier molecular flexibility index (Phi) is 3.29. The lowest BCUT2D eigenvalue weighted by molar-refractivity contribution is 0.297. The molecule has 2 heterocycles. The van der Waals surface area contributed by atoms with Gasteiger partial charge in [0.2, 0.25) is 0 Å². The van der Waals surface area contributed by atoms with Crippen molar-refractivity contribution < 1.29 is 9.47 Å². The summed E-state index contributed by atoms with van der Waals surface area (Å²) in [6, 6.07) is 5.71. The van der Waals surface area contributed by atoms with Crippen LogP contribution in [0.5, 0.6) is 11.5 Å². The number of aromatic nitrogens is 3. The second kappa shape index (κ2) is 5.09. The van der Waals surface area contributed by atoms with Crippen LogP contribution in [0.4, 0.5) is 0 Å². The molecule has 0 aliphatic carbocycles. The van der Waals surface area contributed by atoms with Gasteiger partial charge in [-0.3, -0.25) is 0 Å². The third-order valence-corrected chi connectivity index (χ3v) is 3.14. The van der Waals surface area contributed by atoms with Crippen molar-refractivity contribution in [3.8, 4) is 17.2 Å². The van der Waals surface area contributed by atoms with Gasteiger partial charge in [0.05, 0.1) is 30.5 Å². The maximum absolute atomic E-state index is 5.98. The standard InChI is InChI=1S/C13H14ClN3O2/c1-9(14)11-8-17(16-15-11)10-3-4-12-13(7-10)19-6-2-5-18-12/h3-4,7-9H,2,5-6H2,1H3. The fraction of sp³-hybridized carbons (Fsp3) is 0.385. The molecule has 1 aliphatic rings. The number of ether oxygens (including phenoxy) is 2. The Hall–Kier alpha value is -1.75. The van der Waals surface area contributed by atoms with Crippen LogP contribution in [0.2, 0.25) is 0 Å². The SMILES string of the molecule is CC(Cl)c1cn(-c2ccc3c(c2)OCCCO3)nn1. The van der Waals surface area contributed by atoms with Gasteiger partial charge in [-0.15, -0.1) is 16.7 Å².